The summed E-state index contributed by atoms with van der Waals surface area (Å²) in [5, 5.41) is 0. The second kappa shape index (κ2) is 11.1. The molecular formula is C31H36N6O2. The van der Waals surface area contributed by atoms with Gasteiger partial charge in [-0.05, 0) is 74.1 Å². The maximum absolute atomic E-state index is 12.4. The van der Waals surface area contributed by atoms with Crippen LogP contribution in [0.25, 0.3) is 22.2 Å². The normalized spacial score (nSPS) is 16.2. The summed E-state index contributed by atoms with van der Waals surface area (Å²) in [5.74, 6) is 2.66. The molecule has 3 aromatic heterocycles. The zero-order chi connectivity index (χ0) is 26.8. The highest BCUT2D eigenvalue weighted by atomic mass is 16.5. The largest absolute Gasteiger partial charge is 0.489 e. The topological polar surface area (TPSA) is 87.2 Å². The lowest BCUT2D eigenvalue weighted by Gasteiger charge is -2.35. The molecule has 1 saturated heterocycles. The van der Waals surface area contributed by atoms with Crippen LogP contribution in [0.15, 0.2) is 55.0 Å². The van der Waals surface area contributed by atoms with Gasteiger partial charge in [-0.15, -0.1) is 0 Å². The van der Waals surface area contributed by atoms with E-state index >= 15 is 0 Å². The molecule has 8 heteroatoms. The molecule has 1 saturated carbocycles. The first-order valence-electron chi connectivity index (χ1n) is 14.0. The molecule has 8 nitrogen and oxygen atoms in total. The molecule has 0 radical (unpaired) electrons. The SMILES string of the molecule is CC(C)Oc1cnccc1-c1ccc2nc(Cc3cc(CN4CCN(C(=O)CC5CC5)CC4)ccn3)[nH]c2c1. The number of H-pyrrole nitrogens is 1. The summed E-state index contributed by atoms with van der Waals surface area (Å²) >= 11 is 0. The van der Waals surface area contributed by atoms with Crippen molar-refractivity contribution in [2.45, 2.75) is 52.2 Å². The average molecular weight is 525 g/mol. The predicted molar refractivity (Wildman–Crippen MR) is 151 cm³/mol. The van der Waals surface area contributed by atoms with E-state index in [2.05, 4.69) is 44.1 Å². The number of carbonyl (C=O) groups is 1. The molecule has 4 heterocycles. The summed E-state index contributed by atoms with van der Waals surface area (Å²) in [6.07, 6.45) is 9.36. The number of piperazine rings is 1. The van der Waals surface area contributed by atoms with E-state index in [1.165, 1.54) is 18.4 Å². The molecule has 2 fully saturated rings. The Kier molecular flexibility index (Phi) is 7.28. The van der Waals surface area contributed by atoms with Crippen LogP contribution in [0.3, 0.4) is 0 Å². The summed E-state index contributed by atoms with van der Waals surface area (Å²) in [5.41, 5.74) is 6.22. The molecule has 1 amide bonds. The minimum atomic E-state index is 0.0736. The third-order valence-electron chi connectivity index (χ3n) is 7.51. The van der Waals surface area contributed by atoms with Gasteiger partial charge in [-0.25, -0.2) is 4.98 Å². The van der Waals surface area contributed by atoms with Crippen molar-refractivity contribution in [3.63, 3.8) is 0 Å². The van der Waals surface area contributed by atoms with Gasteiger partial charge in [-0.1, -0.05) is 6.07 Å². The summed E-state index contributed by atoms with van der Waals surface area (Å²) in [6.45, 7) is 8.40. The summed E-state index contributed by atoms with van der Waals surface area (Å²) in [4.78, 5) is 34.1. The van der Waals surface area contributed by atoms with Crippen molar-refractivity contribution >= 4 is 16.9 Å². The van der Waals surface area contributed by atoms with Gasteiger partial charge < -0.3 is 14.6 Å². The number of imidazole rings is 1. The highest BCUT2D eigenvalue weighted by Gasteiger charge is 2.28. The van der Waals surface area contributed by atoms with Crippen molar-refractivity contribution in [3.8, 4) is 16.9 Å². The molecule has 0 spiro atoms. The van der Waals surface area contributed by atoms with Gasteiger partial charge in [-0.2, -0.15) is 0 Å². The highest BCUT2D eigenvalue weighted by molar-refractivity contribution is 5.83. The number of nitrogens with one attached hydrogen (secondary N) is 1. The Morgan fingerprint density at radius 2 is 1.92 bits per heavy atom. The van der Waals surface area contributed by atoms with Crippen molar-refractivity contribution in [3.05, 3.63) is 72.1 Å². The van der Waals surface area contributed by atoms with Crippen LogP contribution in [0.1, 0.15) is 50.2 Å². The van der Waals surface area contributed by atoms with Gasteiger partial charge in [-0.3, -0.25) is 19.7 Å². The molecule has 202 valence electrons. The monoisotopic (exact) mass is 524 g/mol. The minimum Gasteiger partial charge on any atom is -0.489 e. The van der Waals surface area contributed by atoms with Gasteiger partial charge in [0.25, 0.3) is 0 Å². The van der Waals surface area contributed by atoms with Crippen molar-refractivity contribution < 1.29 is 9.53 Å². The van der Waals surface area contributed by atoms with Crippen LogP contribution in [0, 0.1) is 5.92 Å². The molecule has 2 aliphatic rings. The van der Waals surface area contributed by atoms with E-state index in [9.17, 15) is 4.79 Å². The van der Waals surface area contributed by atoms with Gasteiger partial charge in [0.2, 0.25) is 5.91 Å². The molecule has 0 atom stereocenters. The van der Waals surface area contributed by atoms with Crippen LogP contribution in [-0.4, -0.2) is 67.9 Å². The van der Waals surface area contributed by atoms with E-state index in [-0.39, 0.29) is 6.10 Å². The zero-order valence-electron chi connectivity index (χ0n) is 22.8. The lowest BCUT2D eigenvalue weighted by molar-refractivity contribution is -0.133. The summed E-state index contributed by atoms with van der Waals surface area (Å²) in [7, 11) is 0. The first-order valence-corrected chi connectivity index (χ1v) is 14.0. The van der Waals surface area contributed by atoms with Gasteiger partial charge in [0.05, 0.1) is 23.3 Å². The standard InChI is InChI=1S/C31H36N6O2/c1-21(2)39-29-19-32-9-8-26(29)24-5-6-27-28(17-24)35-30(34-27)18-25-15-23(7-10-33-25)20-36-11-13-37(14-12-36)31(38)16-22-3-4-22/h5-10,15,17,19,21-22H,3-4,11-14,16,18,20H2,1-2H3,(H,34,35). The molecule has 39 heavy (non-hydrogen) atoms. The first-order chi connectivity index (χ1) is 19.0. The molecule has 1 aliphatic carbocycles. The van der Waals surface area contributed by atoms with Crippen molar-refractivity contribution in [2.75, 3.05) is 26.2 Å². The third kappa shape index (κ3) is 6.28. The highest BCUT2D eigenvalue weighted by Crippen LogP contribution is 2.33. The number of fused-ring (bicyclic) bond motifs is 1. The molecule has 0 unspecified atom stereocenters. The van der Waals surface area contributed by atoms with Crippen LogP contribution >= 0.6 is 0 Å². The van der Waals surface area contributed by atoms with Crippen LogP contribution in [0.2, 0.25) is 0 Å². The fourth-order valence-corrected chi connectivity index (χ4v) is 5.29. The smallest absolute Gasteiger partial charge is 0.222 e. The number of ether oxygens (including phenoxy) is 1. The number of hydrogen-bond donors (Lipinski definition) is 1. The molecule has 1 aliphatic heterocycles. The molecule has 1 aromatic carbocycles. The first kappa shape index (κ1) is 25.5. The number of hydrogen-bond acceptors (Lipinski definition) is 6. The number of benzene rings is 1. The number of aromatic amines is 1. The number of rotatable bonds is 9. The average Bonchev–Trinajstić information content (AvgIpc) is 3.65. The molecule has 0 bridgehead atoms. The van der Waals surface area contributed by atoms with E-state index < -0.39 is 0 Å². The Hall–Kier alpha value is -3.78. The minimum absolute atomic E-state index is 0.0736. The predicted octanol–water partition coefficient (Wildman–Crippen LogP) is 4.84. The van der Waals surface area contributed by atoms with E-state index in [0.717, 1.165) is 78.6 Å². The van der Waals surface area contributed by atoms with Crippen LogP contribution < -0.4 is 4.74 Å². The number of aromatic nitrogens is 4. The maximum Gasteiger partial charge on any atom is 0.222 e. The second-order valence-electron chi connectivity index (χ2n) is 11.1. The molecule has 4 aromatic rings. The van der Waals surface area contributed by atoms with Gasteiger partial charge in [0.1, 0.15) is 11.6 Å². The van der Waals surface area contributed by atoms with Crippen molar-refractivity contribution in [2.24, 2.45) is 5.92 Å². The second-order valence-corrected chi connectivity index (χ2v) is 11.1. The Morgan fingerprint density at radius 3 is 2.72 bits per heavy atom. The van der Waals surface area contributed by atoms with Crippen LogP contribution in [0.5, 0.6) is 5.75 Å². The molecule has 1 N–H and O–H groups in total. The lowest BCUT2D eigenvalue weighted by Crippen LogP contribution is -2.48. The van der Waals surface area contributed by atoms with Gasteiger partial charge in [0, 0.05) is 69.2 Å². The Morgan fingerprint density at radius 1 is 1.08 bits per heavy atom. The van der Waals surface area contributed by atoms with Crippen molar-refractivity contribution in [1.82, 2.24) is 29.7 Å². The van der Waals surface area contributed by atoms with Gasteiger partial charge in [0.15, 0.2) is 0 Å². The lowest BCUT2D eigenvalue weighted by atomic mass is 10.1. The van der Waals surface area contributed by atoms with E-state index in [1.54, 1.807) is 12.4 Å². The van der Waals surface area contributed by atoms with E-state index in [0.29, 0.717) is 18.2 Å². The van der Waals surface area contributed by atoms with Crippen molar-refractivity contribution in [1.29, 1.82) is 0 Å². The fourth-order valence-electron chi connectivity index (χ4n) is 5.29. The number of pyridine rings is 2. The Bertz CT molecular complexity index is 1450. The van der Waals surface area contributed by atoms with E-state index in [4.69, 9.17) is 9.72 Å². The Balaban J connectivity index is 1.10. The van der Waals surface area contributed by atoms with Crippen LogP contribution in [0.4, 0.5) is 0 Å². The van der Waals surface area contributed by atoms with Gasteiger partial charge >= 0.3 is 0 Å². The maximum atomic E-state index is 12.4. The quantitative estimate of drug-likeness (QED) is 0.337. The van der Waals surface area contributed by atoms with Crippen LogP contribution in [-0.2, 0) is 17.8 Å². The summed E-state index contributed by atoms with van der Waals surface area (Å²) in [6, 6.07) is 12.5. The summed E-state index contributed by atoms with van der Waals surface area (Å²) < 4.78 is 5.98. The fraction of sp³-hybridized carbons (Fsp3) is 0.419. The zero-order valence-corrected chi connectivity index (χ0v) is 22.8. The molecule has 6 rings (SSSR count). The number of nitrogens with zero attached hydrogens (tertiary/aromatic N) is 5. The number of amides is 1. The van der Waals surface area contributed by atoms with E-state index in [1.807, 2.05) is 37.1 Å². The Labute approximate surface area is 229 Å². The third-order valence-corrected chi connectivity index (χ3v) is 7.51. The number of carbonyl (C=O) groups excluding carboxylic acids is 1. The molecular weight excluding hydrogens is 488 g/mol.